The number of H-pyrrole nitrogens is 2. The molecule has 1 aliphatic heterocycles. The highest BCUT2D eigenvalue weighted by molar-refractivity contribution is 5.92. The predicted molar refractivity (Wildman–Crippen MR) is 65.6 cm³/mol. The van der Waals surface area contributed by atoms with E-state index in [0.29, 0.717) is 6.04 Å². The maximum atomic E-state index is 11.9. The van der Waals surface area contributed by atoms with E-state index in [1.165, 1.54) is 0 Å². The van der Waals surface area contributed by atoms with Crippen molar-refractivity contribution in [3.05, 3.63) is 32.6 Å². The van der Waals surface area contributed by atoms with Gasteiger partial charge in [-0.25, -0.2) is 4.79 Å². The first-order chi connectivity index (χ1) is 8.54. The number of hydrogen-bond donors (Lipinski definition) is 4. The highest BCUT2D eigenvalue weighted by Gasteiger charge is 2.20. The molecule has 0 bridgehead atoms. The Kier molecular flexibility index (Phi) is 3.61. The lowest BCUT2D eigenvalue weighted by Crippen LogP contribution is -2.47. The number of rotatable bonds is 2. The molecule has 0 aliphatic carbocycles. The van der Waals surface area contributed by atoms with E-state index in [2.05, 4.69) is 15.6 Å². The second kappa shape index (κ2) is 5.18. The molecule has 4 N–H and O–H groups in total. The molecule has 0 saturated carbocycles. The zero-order valence-corrected chi connectivity index (χ0v) is 10.1. The van der Waals surface area contributed by atoms with Crippen LogP contribution in [0.5, 0.6) is 0 Å². The Morgan fingerprint density at radius 2 is 2.17 bits per heavy atom. The quantitative estimate of drug-likeness (QED) is 0.538. The van der Waals surface area contributed by atoms with E-state index in [4.69, 9.17) is 0 Å². The van der Waals surface area contributed by atoms with E-state index in [1.807, 2.05) is 11.9 Å². The summed E-state index contributed by atoms with van der Waals surface area (Å²) in [7, 11) is 0. The third-order valence-electron chi connectivity index (χ3n) is 2.96. The summed E-state index contributed by atoms with van der Waals surface area (Å²) in [5.41, 5.74) is -1.26. The number of nitrogens with one attached hydrogen (secondary N) is 4. The van der Waals surface area contributed by atoms with Crippen molar-refractivity contribution < 1.29 is 4.79 Å². The molecule has 0 spiro atoms. The van der Waals surface area contributed by atoms with Gasteiger partial charge in [0.1, 0.15) is 5.69 Å². The summed E-state index contributed by atoms with van der Waals surface area (Å²) in [6.45, 7) is 2.89. The highest BCUT2D eigenvalue weighted by Crippen LogP contribution is 2.08. The van der Waals surface area contributed by atoms with Gasteiger partial charge in [-0.1, -0.05) is 0 Å². The molecule has 0 radical (unpaired) electrons. The second-order valence-corrected chi connectivity index (χ2v) is 4.55. The molecule has 1 aromatic heterocycles. The van der Waals surface area contributed by atoms with Gasteiger partial charge in [-0.15, -0.1) is 0 Å². The number of aromatic nitrogens is 2. The summed E-state index contributed by atoms with van der Waals surface area (Å²) in [6.07, 6.45) is 1.67. The number of carbonyl (C=O) groups is 1. The molecule has 1 aliphatic rings. The van der Waals surface area contributed by atoms with Crippen molar-refractivity contribution >= 4 is 5.91 Å². The summed E-state index contributed by atoms with van der Waals surface area (Å²) in [4.78, 5) is 38.4. The maximum absolute atomic E-state index is 11.9. The molecule has 7 nitrogen and oxygen atoms in total. The largest absolute Gasteiger partial charge is 0.348 e. The molecule has 1 aromatic rings. The van der Waals surface area contributed by atoms with Crippen LogP contribution in [-0.2, 0) is 0 Å². The van der Waals surface area contributed by atoms with Gasteiger partial charge in [0, 0.05) is 18.2 Å². The normalized spacial score (nSPS) is 23.6. The summed E-state index contributed by atoms with van der Waals surface area (Å²) in [5, 5.41) is 6.10. The maximum Gasteiger partial charge on any atom is 0.326 e. The number of aromatic amines is 2. The molecule has 0 aromatic carbocycles. The molecule has 1 amide bonds. The van der Waals surface area contributed by atoms with Crippen molar-refractivity contribution in [2.75, 3.05) is 6.54 Å². The highest BCUT2D eigenvalue weighted by atomic mass is 16.2. The van der Waals surface area contributed by atoms with E-state index in [-0.39, 0.29) is 11.7 Å². The molecule has 98 valence electrons. The minimum Gasteiger partial charge on any atom is -0.348 e. The fourth-order valence-corrected chi connectivity index (χ4v) is 2.12. The standard InChI is InChI=1S/C11H16N4O3/c1-6-4-7(2-3-12-6)13-10(17)8-5-9(16)15-11(18)14-8/h5-7,12H,2-4H2,1H3,(H,13,17)(H2,14,15,16,18). The first-order valence-electron chi connectivity index (χ1n) is 5.92. The molecule has 2 atom stereocenters. The van der Waals surface area contributed by atoms with Crippen LogP contribution in [0.2, 0.25) is 0 Å². The van der Waals surface area contributed by atoms with Crippen LogP contribution in [0.4, 0.5) is 0 Å². The molecular weight excluding hydrogens is 236 g/mol. The van der Waals surface area contributed by atoms with Crippen molar-refractivity contribution in [3.63, 3.8) is 0 Å². The molecule has 1 saturated heterocycles. The van der Waals surface area contributed by atoms with Crippen LogP contribution in [0.3, 0.4) is 0 Å². The lowest BCUT2D eigenvalue weighted by atomic mass is 10.0. The molecular formula is C11H16N4O3. The van der Waals surface area contributed by atoms with Crippen molar-refractivity contribution in [1.29, 1.82) is 0 Å². The van der Waals surface area contributed by atoms with Gasteiger partial charge in [-0.05, 0) is 26.3 Å². The van der Waals surface area contributed by atoms with Crippen molar-refractivity contribution in [3.8, 4) is 0 Å². The van der Waals surface area contributed by atoms with Gasteiger partial charge in [-0.2, -0.15) is 0 Å². The van der Waals surface area contributed by atoms with Crippen molar-refractivity contribution in [1.82, 2.24) is 20.6 Å². The van der Waals surface area contributed by atoms with E-state index in [1.54, 1.807) is 0 Å². The van der Waals surface area contributed by atoms with E-state index >= 15 is 0 Å². The smallest absolute Gasteiger partial charge is 0.326 e. The second-order valence-electron chi connectivity index (χ2n) is 4.55. The van der Waals surface area contributed by atoms with Crippen molar-refractivity contribution in [2.45, 2.75) is 31.8 Å². The average molecular weight is 252 g/mol. The third kappa shape index (κ3) is 3.07. The topological polar surface area (TPSA) is 107 Å². The number of carbonyl (C=O) groups excluding carboxylic acids is 1. The summed E-state index contributed by atoms with van der Waals surface area (Å²) in [5.74, 6) is -0.419. The minimum absolute atomic E-state index is 0.00469. The van der Waals surface area contributed by atoms with Crippen molar-refractivity contribution in [2.24, 2.45) is 0 Å². The molecule has 2 heterocycles. The number of hydrogen-bond acceptors (Lipinski definition) is 4. The first kappa shape index (κ1) is 12.6. The van der Waals surface area contributed by atoms with Gasteiger partial charge in [0.2, 0.25) is 0 Å². The Morgan fingerprint density at radius 1 is 1.39 bits per heavy atom. The van der Waals surface area contributed by atoms with Gasteiger partial charge >= 0.3 is 5.69 Å². The molecule has 7 heteroatoms. The fourth-order valence-electron chi connectivity index (χ4n) is 2.12. The van der Waals surface area contributed by atoms with Crippen LogP contribution in [0.1, 0.15) is 30.3 Å². The Bertz CT molecular complexity index is 519. The monoisotopic (exact) mass is 252 g/mol. The Labute approximate surface area is 103 Å². The molecule has 2 unspecified atom stereocenters. The molecule has 2 rings (SSSR count). The molecule has 1 fully saturated rings. The zero-order valence-electron chi connectivity index (χ0n) is 10.1. The summed E-state index contributed by atoms with van der Waals surface area (Å²) < 4.78 is 0. The lowest BCUT2D eigenvalue weighted by Gasteiger charge is -2.28. The van der Waals surface area contributed by atoms with Crippen LogP contribution in [0.25, 0.3) is 0 Å². The number of piperidine rings is 1. The van der Waals surface area contributed by atoms with Crippen LogP contribution in [0.15, 0.2) is 15.7 Å². The van der Waals surface area contributed by atoms with Gasteiger partial charge in [0.25, 0.3) is 11.5 Å². The zero-order chi connectivity index (χ0) is 13.1. The minimum atomic E-state index is -0.675. The van der Waals surface area contributed by atoms with Crippen LogP contribution < -0.4 is 21.9 Å². The van der Waals surface area contributed by atoms with Crippen LogP contribution in [0, 0.1) is 0 Å². The van der Waals surface area contributed by atoms with E-state index in [9.17, 15) is 14.4 Å². The predicted octanol–water partition coefficient (Wildman–Crippen LogP) is -1.07. The number of amides is 1. The van der Waals surface area contributed by atoms with Gasteiger partial charge in [0.15, 0.2) is 0 Å². The van der Waals surface area contributed by atoms with Gasteiger partial charge in [-0.3, -0.25) is 14.6 Å². The Hall–Kier alpha value is -1.89. The summed E-state index contributed by atoms with van der Waals surface area (Å²) in [6, 6.07) is 1.50. The fraction of sp³-hybridized carbons (Fsp3) is 0.545. The SMILES string of the molecule is CC1CC(NC(=O)c2cc(=O)[nH]c(=O)[nH]2)CCN1. The van der Waals surface area contributed by atoms with Gasteiger partial charge in [0.05, 0.1) is 0 Å². The average Bonchev–Trinajstić information content (AvgIpc) is 2.27. The van der Waals surface area contributed by atoms with Crippen LogP contribution in [-0.4, -0.2) is 34.5 Å². The van der Waals surface area contributed by atoms with E-state index in [0.717, 1.165) is 25.5 Å². The Morgan fingerprint density at radius 3 is 2.83 bits per heavy atom. The third-order valence-corrected chi connectivity index (χ3v) is 2.96. The van der Waals surface area contributed by atoms with Crippen LogP contribution >= 0.6 is 0 Å². The summed E-state index contributed by atoms with van der Waals surface area (Å²) >= 11 is 0. The lowest BCUT2D eigenvalue weighted by molar-refractivity contribution is 0.0920. The van der Waals surface area contributed by atoms with Gasteiger partial charge < -0.3 is 15.6 Å². The Balaban J connectivity index is 2.07. The van der Waals surface area contributed by atoms with E-state index < -0.39 is 17.2 Å². The molecule has 18 heavy (non-hydrogen) atoms. The first-order valence-corrected chi connectivity index (χ1v) is 5.92.